The largest absolute Gasteiger partial charge is 0.496 e. The number of benzene rings is 2. The van der Waals surface area contributed by atoms with Crippen molar-refractivity contribution in [2.45, 2.75) is 26.5 Å². The van der Waals surface area contributed by atoms with Crippen LogP contribution in [0.1, 0.15) is 28.4 Å². The van der Waals surface area contributed by atoms with Gasteiger partial charge in [0.05, 0.1) is 17.7 Å². The summed E-state index contributed by atoms with van der Waals surface area (Å²) in [7, 11) is 1.56. The Hall–Kier alpha value is -2.53. The van der Waals surface area contributed by atoms with Crippen LogP contribution >= 0.6 is 11.6 Å². The first-order chi connectivity index (χ1) is 11.9. The van der Waals surface area contributed by atoms with E-state index < -0.39 is 17.9 Å². The molecule has 0 saturated carbocycles. The predicted octanol–water partition coefficient (Wildman–Crippen LogP) is 3.52. The first-order valence-electron chi connectivity index (χ1n) is 7.78. The predicted molar refractivity (Wildman–Crippen MR) is 95.9 cm³/mol. The maximum Gasteiger partial charge on any atom is 0.328 e. The second-order valence-corrected chi connectivity index (χ2v) is 6.01. The molecule has 0 aliphatic rings. The molecule has 25 heavy (non-hydrogen) atoms. The molecule has 2 rings (SSSR count). The quantitative estimate of drug-likeness (QED) is 0.799. The fourth-order valence-electron chi connectivity index (χ4n) is 2.27. The van der Waals surface area contributed by atoms with E-state index >= 15 is 0 Å². The van der Waals surface area contributed by atoms with Gasteiger partial charge in [-0.15, -0.1) is 0 Å². The van der Waals surface area contributed by atoms with Crippen molar-refractivity contribution in [3.05, 3.63) is 64.2 Å². The van der Waals surface area contributed by atoms with E-state index in [9.17, 15) is 9.59 Å². The summed E-state index contributed by atoms with van der Waals surface area (Å²) in [5, 5.41) is 2.91. The van der Waals surface area contributed by atoms with Crippen LogP contribution in [0.4, 0.5) is 0 Å². The number of carbonyl (C=O) groups excluding carboxylic acids is 2. The summed E-state index contributed by atoms with van der Waals surface area (Å²) in [5.41, 5.74) is 2.11. The molecule has 0 bridgehead atoms. The number of halogens is 1. The van der Waals surface area contributed by atoms with E-state index in [1.54, 1.807) is 38.3 Å². The minimum atomic E-state index is -0.806. The molecular weight excluding hydrogens is 342 g/mol. The third kappa shape index (κ3) is 4.97. The molecule has 132 valence electrons. The topological polar surface area (TPSA) is 64.6 Å². The highest BCUT2D eigenvalue weighted by Gasteiger charge is 2.19. The molecule has 0 heterocycles. The Morgan fingerprint density at radius 1 is 1.20 bits per heavy atom. The lowest BCUT2D eigenvalue weighted by atomic mass is 10.1. The number of aryl methyl sites for hydroxylation is 1. The number of rotatable bonds is 6. The molecule has 0 radical (unpaired) electrons. The molecule has 0 aromatic heterocycles. The van der Waals surface area contributed by atoms with E-state index in [0.29, 0.717) is 16.3 Å². The average molecular weight is 362 g/mol. The zero-order valence-electron chi connectivity index (χ0n) is 14.3. The van der Waals surface area contributed by atoms with E-state index in [1.807, 2.05) is 25.1 Å². The molecule has 1 unspecified atom stereocenters. The van der Waals surface area contributed by atoms with Crippen LogP contribution in [0, 0.1) is 6.92 Å². The van der Waals surface area contributed by atoms with Crippen molar-refractivity contribution < 1.29 is 19.1 Å². The number of amides is 1. The fraction of sp³-hybridized carbons (Fsp3) is 0.263. The van der Waals surface area contributed by atoms with Crippen molar-refractivity contribution in [2.75, 3.05) is 7.11 Å². The maximum absolute atomic E-state index is 12.2. The Kier molecular flexibility index (Phi) is 6.42. The lowest BCUT2D eigenvalue weighted by Gasteiger charge is -2.15. The van der Waals surface area contributed by atoms with Crippen LogP contribution in [-0.4, -0.2) is 25.0 Å². The molecule has 0 saturated heterocycles. The van der Waals surface area contributed by atoms with E-state index in [1.165, 1.54) is 0 Å². The Bertz CT molecular complexity index is 776. The number of hydrogen-bond acceptors (Lipinski definition) is 4. The summed E-state index contributed by atoms with van der Waals surface area (Å²) < 4.78 is 10.5. The lowest BCUT2D eigenvalue weighted by Crippen LogP contribution is -2.39. The molecule has 2 aromatic carbocycles. The van der Waals surface area contributed by atoms with E-state index in [-0.39, 0.29) is 6.61 Å². The highest BCUT2D eigenvalue weighted by atomic mass is 35.5. The van der Waals surface area contributed by atoms with Crippen LogP contribution < -0.4 is 10.1 Å². The number of nitrogens with one attached hydrogen (secondary N) is 1. The number of carbonyl (C=O) groups is 2. The number of hydrogen-bond donors (Lipinski definition) is 1. The first-order valence-corrected chi connectivity index (χ1v) is 8.15. The van der Waals surface area contributed by atoms with Crippen LogP contribution in [0.25, 0.3) is 0 Å². The van der Waals surface area contributed by atoms with Gasteiger partial charge >= 0.3 is 5.97 Å². The van der Waals surface area contributed by atoms with Crippen LogP contribution in [-0.2, 0) is 16.1 Å². The minimum absolute atomic E-state index is 0.0655. The van der Waals surface area contributed by atoms with Crippen molar-refractivity contribution >= 4 is 23.5 Å². The van der Waals surface area contributed by atoms with E-state index in [2.05, 4.69) is 5.32 Å². The molecule has 5 nitrogen and oxygen atoms in total. The van der Waals surface area contributed by atoms with Gasteiger partial charge in [-0.1, -0.05) is 35.4 Å². The second-order valence-electron chi connectivity index (χ2n) is 5.60. The normalized spacial score (nSPS) is 11.5. The fourth-order valence-corrected chi connectivity index (χ4v) is 2.49. The lowest BCUT2D eigenvalue weighted by molar-refractivity contribution is -0.146. The van der Waals surface area contributed by atoms with Gasteiger partial charge in [-0.05, 0) is 38.1 Å². The highest BCUT2D eigenvalue weighted by molar-refractivity contribution is 6.33. The van der Waals surface area contributed by atoms with Gasteiger partial charge in [0.2, 0.25) is 0 Å². The molecule has 0 aliphatic carbocycles. The van der Waals surface area contributed by atoms with Crippen LogP contribution in [0.3, 0.4) is 0 Å². The maximum atomic E-state index is 12.2. The monoisotopic (exact) mass is 361 g/mol. The summed E-state index contributed by atoms with van der Waals surface area (Å²) >= 11 is 5.98. The van der Waals surface area contributed by atoms with Gasteiger partial charge in [-0.25, -0.2) is 4.79 Å². The molecule has 1 amide bonds. The number of ether oxygens (including phenoxy) is 2. The van der Waals surface area contributed by atoms with Gasteiger partial charge in [-0.2, -0.15) is 0 Å². The summed E-state index contributed by atoms with van der Waals surface area (Å²) in [4.78, 5) is 24.3. The summed E-state index contributed by atoms with van der Waals surface area (Å²) in [6.45, 7) is 3.57. The number of methoxy groups -OCH3 is 1. The van der Waals surface area contributed by atoms with Crippen molar-refractivity contribution in [1.29, 1.82) is 0 Å². The second kappa shape index (κ2) is 8.53. The molecular formula is C19H20ClNO4. The third-order valence-electron chi connectivity index (χ3n) is 3.63. The standard InChI is InChI=1S/C19H20ClNO4/c1-12-8-9-17(24-3)14(10-12)11-25-19(23)13(2)21-18(22)15-6-4-5-7-16(15)20/h4-10,13H,11H2,1-3H3,(H,21,22). The summed E-state index contributed by atoms with van der Waals surface area (Å²) in [5.74, 6) is -0.321. The van der Waals surface area contributed by atoms with Gasteiger partial charge < -0.3 is 14.8 Å². The Balaban J connectivity index is 1.96. The molecule has 6 heteroatoms. The summed E-state index contributed by atoms with van der Waals surface area (Å²) in [6, 6.07) is 11.5. The molecule has 1 atom stereocenters. The summed E-state index contributed by atoms with van der Waals surface area (Å²) in [6.07, 6.45) is 0. The van der Waals surface area contributed by atoms with Gasteiger partial charge in [-0.3, -0.25) is 4.79 Å². The SMILES string of the molecule is COc1ccc(C)cc1COC(=O)C(C)NC(=O)c1ccccc1Cl. The van der Waals surface area contributed by atoms with Crippen LogP contribution in [0.2, 0.25) is 5.02 Å². The van der Waals surface area contributed by atoms with Gasteiger partial charge in [0.1, 0.15) is 18.4 Å². The van der Waals surface area contributed by atoms with Gasteiger partial charge in [0.25, 0.3) is 5.91 Å². The molecule has 2 aromatic rings. The molecule has 1 N–H and O–H groups in total. The van der Waals surface area contributed by atoms with Crippen LogP contribution in [0.15, 0.2) is 42.5 Å². The van der Waals surface area contributed by atoms with Crippen molar-refractivity contribution in [1.82, 2.24) is 5.32 Å². The highest BCUT2D eigenvalue weighted by Crippen LogP contribution is 2.20. The first kappa shape index (κ1) is 18.8. The smallest absolute Gasteiger partial charge is 0.328 e. The van der Waals surface area contributed by atoms with Crippen molar-refractivity contribution in [2.24, 2.45) is 0 Å². The van der Waals surface area contributed by atoms with Gasteiger partial charge in [0.15, 0.2) is 0 Å². The zero-order chi connectivity index (χ0) is 18.4. The minimum Gasteiger partial charge on any atom is -0.496 e. The van der Waals surface area contributed by atoms with Crippen molar-refractivity contribution in [3.63, 3.8) is 0 Å². The third-order valence-corrected chi connectivity index (χ3v) is 3.96. The Morgan fingerprint density at radius 2 is 1.92 bits per heavy atom. The Morgan fingerprint density at radius 3 is 2.60 bits per heavy atom. The Labute approximate surface area is 151 Å². The van der Waals surface area contributed by atoms with Gasteiger partial charge in [0, 0.05) is 5.56 Å². The van der Waals surface area contributed by atoms with Crippen molar-refractivity contribution in [3.8, 4) is 5.75 Å². The number of esters is 1. The van der Waals surface area contributed by atoms with Crippen LogP contribution in [0.5, 0.6) is 5.75 Å². The van der Waals surface area contributed by atoms with E-state index in [0.717, 1.165) is 11.1 Å². The van der Waals surface area contributed by atoms with E-state index in [4.69, 9.17) is 21.1 Å². The average Bonchev–Trinajstić information content (AvgIpc) is 2.59. The molecule has 0 spiro atoms. The zero-order valence-corrected chi connectivity index (χ0v) is 15.1. The molecule has 0 aliphatic heterocycles. The molecule has 0 fully saturated rings.